The molecule has 0 spiro atoms. The van der Waals surface area contributed by atoms with E-state index in [-0.39, 0.29) is 6.10 Å². The molecular weight excluding hydrogens is 216 g/mol. The number of hydrogen-bond acceptors (Lipinski definition) is 6. The van der Waals surface area contributed by atoms with Crippen LogP contribution in [-0.2, 0) is 28.5 Å². The van der Waals surface area contributed by atoms with E-state index in [2.05, 4.69) is 0 Å². The van der Waals surface area contributed by atoms with Crippen LogP contribution in [0.3, 0.4) is 0 Å². The monoisotopic (exact) mass is 232 g/mol. The highest BCUT2D eigenvalue weighted by Crippen LogP contribution is 2.27. The van der Waals surface area contributed by atoms with Crippen LogP contribution >= 0.6 is 0 Å². The molecule has 0 amide bonds. The van der Waals surface area contributed by atoms with Gasteiger partial charge < -0.3 is 18.9 Å². The van der Waals surface area contributed by atoms with Gasteiger partial charge in [-0.1, -0.05) is 0 Å². The van der Waals surface area contributed by atoms with Crippen LogP contribution in [-0.4, -0.2) is 43.7 Å². The quantitative estimate of drug-likeness (QED) is 0.649. The van der Waals surface area contributed by atoms with E-state index in [1.807, 2.05) is 0 Å². The maximum Gasteiger partial charge on any atom is 0.303 e. The summed E-state index contributed by atoms with van der Waals surface area (Å²) in [5.41, 5.74) is 0. The van der Waals surface area contributed by atoms with E-state index in [0.717, 1.165) is 0 Å². The summed E-state index contributed by atoms with van der Waals surface area (Å²) < 4.78 is 20.5. The molecule has 6 nitrogen and oxygen atoms in total. The number of hydrogen-bond donors (Lipinski definition) is 0. The molecule has 0 radical (unpaired) electrons. The van der Waals surface area contributed by atoms with E-state index in [1.54, 1.807) is 6.92 Å². The van der Waals surface area contributed by atoms with E-state index < -0.39 is 30.4 Å². The third-order valence-corrected chi connectivity index (χ3v) is 2.24. The molecule has 0 aromatic rings. The molecule has 1 aliphatic heterocycles. The average molecular weight is 232 g/mol. The van der Waals surface area contributed by atoms with Crippen molar-refractivity contribution in [2.75, 3.05) is 7.11 Å². The van der Waals surface area contributed by atoms with Crippen LogP contribution in [0, 0.1) is 0 Å². The molecule has 0 saturated carbocycles. The first-order chi connectivity index (χ1) is 7.45. The summed E-state index contributed by atoms with van der Waals surface area (Å²) >= 11 is 0. The van der Waals surface area contributed by atoms with Gasteiger partial charge in [0.25, 0.3) is 0 Å². The Morgan fingerprint density at radius 3 is 2.00 bits per heavy atom. The lowest BCUT2D eigenvalue weighted by Crippen LogP contribution is -2.39. The zero-order valence-corrected chi connectivity index (χ0v) is 9.76. The van der Waals surface area contributed by atoms with Gasteiger partial charge in [-0.25, -0.2) is 0 Å². The van der Waals surface area contributed by atoms with Crippen LogP contribution < -0.4 is 0 Å². The van der Waals surface area contributed by atoms with E-state index in [1.165, 1.54) is 21.0 Å². The topological polar surface area (TPSA) is 71.1 Å². The summed E-state index contributed by atoms with van der Waals surface area (Å²) in [7, 11) is 1.43. The Morgan fingerprint density at radius 2 is 1.56 bits per heavy atom. The largest absolute Gasteiger partial charge is 0.456 e. The molecule has 1 saturated heterocycles. The van der Waals surface area contributed by atoms with E-state index in [4.69, 9.17) is 18.9 Å². The van der Waals surface area contributed by atoms with Gasteiger partial charge >= 0.3 is 11.9 Å². The Kier molecular flexibility index (Phi) is 4.26. The normalized spacial score (nSPS) is 33.5. The number of esters is 2. The van der Waals surface area contributed by atoms with Crippen molar-refractivity contribution >= 4 is 11.9 Å². The molecule has 1 heterocycles. The fourth-order valence-electron chi connectivity index (χ4n) is 1.65. The SMILES string of the molecule is COC1O[C@H](C)[C@@H](OC(C)=O)[C@H]1OC(C)=O. The second kappa shape index (κ2) is 5.27. The van der Waals surface area contributed by atoms with Crippen LogP contribution in [0.25, 0.3) is 0 Å². The molecule has 1 fully saturated rings. The molecule has 6 heteroatoms. The molecule has 1 unspecified atom stereocenters. The highest BCUT2D eigenvalue weighted by molar-refractivity contribution is 5.67. The van der Waals surface area contributed by atoms with E-state index in [0.29, 0.717) is 0 Å². The summed E-state index contributed by atoms with van der Waals surface area (Å²) in [5.74, 6) is -0.920. The van der Waals surface area contributed by atoms with Crippen molar-refractivity contribution in [1.82, 2.24) is 0 Å². The summed E-state index contributed by atoms with van der Waals surface area (Å²) in [5, 5.41) is 0. The van der Waals surface area contributed by atoms with Gasteiger partial charge in [-0.05, 0) is 6.92 Å². The standard InChI is InChI=1S/C10H16O6/c1-5-8(15-6(2)11)9(16-7(3)12)10(13-4)14-5/h5,8-10H,1-4H3/t5-,8-,9-,10?/m1/s1. The van der Waals surface area contributed by atoms with Gasteiger partial charge in [0, 0.05) is 21.0 Å². The maximum atomic E-state index is 10.9. The molecule has 92 valence electrons. The molecule has 16 heavy (non-hydrogen) atoms. The lowest BCUT2D eigenvalue weighted by atomic mass is 10.1. The number of rotatable bonds is 3. The minimum absolute atomic E-state index is 0.377. The van der Waals surface area contributed by atoms with E-state index in [9.17, 15) is 9.59 Å². The first kappa shape index (κ1) is 12.9. The van der Waals surface area contributed by atoms with Gasteiger partial charge in [0.05, 0.1) is 6.10 Å². The van der Waals surface area contributed by atoms with Crippen molar-refractivity contribution in [2.45, 2.75) is 45.4 Å². The highest BCUT2D eigenvalue weighted by atomic mass is 16.7. The molecular formula is C10H16O6. The predicted octanol–water partition coefficient (Wildman–Crippen LogP) is 0.241. The van der Waals surface area contributed by atoms with Crippen LogP contribution in [0.5, 0.6) is 0 Å². The third-order valence-electron chi connectivity index (χ3n) is 2.24. The summed E-state index contributed by atoms with van der Waals surface area (Å²) in [6.45, 7) is 4.29. The number of carbonyl (C=O) groups is 2. The van der Waals surface area contributed by atoms with Gasteiger partial charge in [-0.15, -0.1) is 0 Å². The molecule has 0 aromatic heterocycles. The smallest absolute Gasteiger partial charge is 0.303 e. The van der Waals surface area contributed by atoms with Crippen molar-refractivity contribution in [3.8, 4) is 0 Å². The Labute approximate surface area is 93.8 Å². The average Bonchev–Trinajstić information content (AvgIpc) is 2.44. The number of carbonyl (C=O) groups excluding carboxylic acids is 2. The van der Waals surface area contributed by atoms with E-state index >= 15 is 0 Å². The lowest BCUT2D eigenvalue weighted by molar-refractivity contribution is -0.180. The Morgan fingerprint density at radius 1 is 1.06 bits per heavy atom. The summed E-state index contributed by atoms with van der Waals surface area (Å²) in [4.78, 5) is 21.8. The maximum absolute atomic E-state index is 10.9. The van der Waals surface area contributed by atoms with Crippen LogP contribution in [0.15, 0.2) is 0 Å². The number of methoxy groups -OCH3 is 1. The minimum Gasteiger partial charge on any atom is -0.456 e. The van der Waals surface area contributed by atoms with Crippen molar-refractivity contribution in [3.63, 3.8) is 0 Å². The molecule has 1 aliphatic rings. The minimum atomic E-state index is -0.721. The van der Waals surface area contributed by atoms with Gasteiger partial charge in [0.1, 0.15) is 0 Å². The second-order valence-electron chi connectivity index (χ2n) is 3.59. The summed E-state index contributed by atoms with van der Waals surface area (Å²) in [6.07, 6.45) is -2.44. The van der Waals surface area contributed by atoms with Gasteiger partial charge in [-0.3, -0.25) is 9.59 Å². The Balaban J connectivity index is 2.76. The zero-order valence-electron chi connectivity index (χ0n) is 9.76. The Bertz CT molecular complexity index is 276. The van der Waals surface area contributed by atoms with Crippen molar-refractivity contribution in [2.24, 2.45) is 0 Å². The van der Waals surface area contributed by atoms with Crippen molar-refractivity contribution in [3.05, 3.63) is 0 Å². The molecule has 0 bridgehead atoms. The van der Waals surface area contributed by atoms with Gasteiger partial charge in [-0.2, -0.15) is 0 Å². The zero-order chi connectivity index (χ0) is 12.3. The lowest BCUT2D eigenvalue weighted by Gasteiger charge is -2.21. The molecule has 0 aromatic carbocycles. The first-order valence-electron chi connectivity index (χ1n) is 4.98. The first-order valence-corrected chi connectivity index (χ1v) is 4.98. The molecule has 4 atom stereocenters. The van der Waals surface area contributed by atoms with Gasteiger partial charge in [0.15, 0.2) is 18.5 Å². The van der Waals surface area contributed by atoms with Crippen LogP contribution in [0.4, 0.5) is 0 Å². The Hall–Kier alpha value is -1.14. The summed E-state index contributed by atoms with van der Waals surface area (Å²) in [6, 6.07) is 0. The molecule has 0 N–H and O–H groups in total. The predicted molar refractivity (Wildman–Crippen MR) is 52.5 cm³/mol. The molecule has 1 rings (SSSR count). The third kappa shape index (κ3) is 2.93. The fourth-order valence-corrected chi connectivity index (χ4v) is 1.65. The highest BCUT2D eigenvalue weighted by Gasteiger charge is 2.47. The van der Waals surface area contributed by atoms with Crippen molar-refractivity contribution in [1.29, 1.82) is 0 Å². The van der Waals surface area contributed by atoms with Gasteiger partial charge in [0.2, 0.25) is 0 Å². The number of ether oxygens (including phenoxy) is 4. The molecule has 0 aliphatic carbocycles. The van der Waals surface area contributed by atoms with Crippen LogP contribution in [0.2, 0.25) is 0 Å². The van der Waals surface area contributed by atoms with Crippen LogP contribution in [0.1, 0.15) is 20.8 Å². The fraction of sp³-hybridized carbons (Fsp3) is 0.800. The second-order valence-corrected chi connectivity index (χ2v) is 3.59. The van der Waals surface area contributed by atoms with Crippen molar-refractivity contribution < 1.29 is 28.5 Å².